The van der Waals surface area contributed by atoms with Crippen LogP contribution in [0.15, 0.2) is 18.2 Å². The van der Waals surface area contributed by atoms with Crippen LogP contribution in [0.2, 0.25) is 5.02 Å². The van der Waals surface area contributed by atoms with Crippen molar-refractivity contribution >= 4 is 35.1 Å². The molecule has 3 atom stereocenters. The Morgan fingerprint density at radius 2 is 2.04 bits per heavy atom. The molecule has 28 heavy (non-hydrogen) atoms. The first kappa shape index (κ1) is 20.5. The van der Waals surface area contributed by atoms with E-state index >= 15 is 0 Å². The highest BCUT2D eigenvalue weighted by molar-refractivity contribution is 6.31. The summed E-state index contributed by atoms with van der Waals surface area (Å²) in [6.45, 7) is 4.18. The van der Waals surface area contributed by atoms with E-state index in [9.17, 15) is 14.4 Å². The number of nitrogens with one attached hydrogen (secondary N) is 3. The lowest BCUT2D eigenvalue weighted by Crippen LogP contribution is -2.69. The Kier molecular flexibility index (Phi) is 6.44. The molecule has 0 spiro atoms. The maximum absolute atomic E-state index is 12.7. The molecule has 1 saturated carbocycles. The smallest absolute Gasteiger partial charge is 0.318 e. The van der Waals surface area contributed by atoms with Gasteiger partial charge in [-0.15, -0.1) is 0 Å². The van der Waals surface area contributed by atoms with Crippen molar-refractivity contribution in [3.63, 3.8) is 0 Å². The second-order valence-electron chi connectivity index (χ2n) is 7.44. The summed E-state index contributed by atoms with van der Waals surface area (Å²) in [5.41, 5.74) is 1.48. The number of hydrogen-bond acceptors (Lipinski definition) is 3. The van der Waals surface area contributed by atoms with Crippen LogP contribution < -0.4 is 16.0 Å². The second-order valence-corrected chi connectivity index (χ2v) is 7.85. The number of nitrogens with zero attached hydrogens (tertiary/aromatic N) is 1. The monoisotopic (exact) mass is 406 g/mol. The number of amides is 4. The SMILES string of the molecule is CCNC(=O)N1C(CC(=O)Nc2ccc(C)c(Cl)c2)C(=O)NC2CCCCC21. The van der Waals surface area contributed by atoms with Gasteiger partial charge in [0.25, 0.3) is 0 Å². The Morgan fingerprint density at radius 1 is 1.29 bits per heavy atom. The van der Waals surface area contributed by atoms with Gasteiger partial charge in [0.2, 0.25) is 11.8 Å². The quantitative estimate of drug-likeness (QED) is 0.718. The molecule has 2 fully saturated rings. The minimum atomic E-state index is -0.827. The summed E-state index contributed by atoms with van der Waals surface area (Å²) in [5, 5.41) is 9.15. The number of piperazine rings is 1. The zero-order chi connectivity index (χ0) is 20.3. The van der Waals surface area contributed by atoms with Crippen LogP contribution in [-0.2, 0) is 9.59 Å². The van der Waals surface area contributed by atoms with E-state index in [1.54, 1.807) is 17.0 Å². The van der Waals surface area contributed by atoms with Crippen LogP contribution in [0.5, 0.6) is 0 Å². The molecule has 1 saturated heterocycles. The van der Waals surface area contributed by atoms with E-state index in [-0.39, 0.29) is 36.3 Å². The highest BCUT2D eigenvalue weighted by Gasteiger charge is 2.45. The van der Waals surface area contributed by atoms with E-state index < -0.39 is 6.04 Å². The van der Waals surface area contributed by atoms with Crippen molar-refractivity contribution in [3.8, 4) is 0 Å². The van der Waals surface area contributed by atoms with Crippen LogP contribution in [0, 0.1) is 6.92 Å². The van der Waals surface area contributed by atoms with Crippen LogP contribution in [0.4, 0.5) is 10.5 Å². The van der Waals surface area contributed by atoms with E-state index in [0.717, 1.165) is 31.2 Å². The van der Waals surface area contributed by atoms with E-state index in [4.69, 9.17) is 11.6 Å². The van der Waals surface area contributed by atoms with E-state index in [1.807, 2.05) is 19.9 Å². The number of urea groups is 1. The van der Waals surface area contributed by atoms with Crippen molar-refractivity contribution in [2.45, 2.75) is 64.1 Å². The molecule has 7 nitrogen and oxygen atoms in total. The van der Waals surface area contributed by atoms with Gasteiger partial charge in [0.1, 0.15) is 6.04 Å². The third-order valence-electron chi connectivity index (χ3n) is 5.45. The lowest BCUT2D eigenvalue weighted by Gasteiger charge is -2.47. The largest absolute Gasteiger partial charge is 0.349 e. The average Bonchev–Trinajstić information content (AvgIpc) is 2.65. The van der Waals surface area contributed by atoms with Gasteiger partial charge in [0.15, 0.2) is 0 Å². The number of carbonyl (C=O) groups excluding carboxylic acids is 3. The number of carbonyl (C=O) groups is 3. The number of aryl methyl sites for hydroxylation is 1. The third kappa shape index (κ3) is 4.41. The maximum atomic E-state index is 12.7. The van der Waals surface area contributed by atoms with Crippen LogP contribution in [0.1, 0.15) is 44.6 Å². The number of fused-ring (bicyclic) bond motifs is 1. The molecule has 3 rings (SSSR count). The van der Waals surface area contributed by atoms with Crippen LogP contribution >= 0.6 is 11.6 Å². The number of hydrogen-bond donors (Lipinski definition) is 3. The molecule has 4 amide bonds. The molecule has 3 N–H and O–H groups in total. The van der Waals surface area contributed by atoms with Gasteiger partial charge in [-0.3, -0.25) is 9.59 Å². The molecule has 0 bridgehead atoms. The normalized spacial score (nSPS) is 24.2. The molecular weight excluding hydrogens is 380 g/mol. The fourth-order valence-corrected chi connectivity index (χ4v) is 4.21. The number of anilines is 1. The van der Waals surface area contributed by atoms with Crippen molar-refractivity contribution in [1.29, 1.82) is 0 Å². The van der Waals surface area contributed by atoms with Gasteiger partial charge in [-0.2, -0.15) is 0 Å². The Balaban J connectivity index is 1.76. The Labute approximate surface area is 170 Å². The molecule has 1 aromatic rings. The first-order chi connectivity index (χ1) is 13.4. The molecule has 1 aliphatic carbocycles. The number of benzene rings is 1. The van der Waals surface area contributed by atoms with Crippen LogP contribution in [0.3, 0.4) is 0 Å². The maximum Gasteiger partial charge on any atom is 0.318 e. The van der Waals surface area contributed by atoms with Crippen molar-refractivity contribution in [2.75, 3.05) is 11.9 Å². The van der Waals surface area contributed by atoms with Gasteiger partial charge in [-0.05, 0) is 44.4 Å². The van der Waals surface area contributed by atoms with E-state index in [0.29, 0.717) is 17.3 Å². The van der Waals surface area contributed by atoms with E-state index in [2.05, 4.69) is 16.0 Å². The van der Waals surface area contributed by atoms with Crippen molar-refractivity contribution in [2.24, 2.45) is 0 Å². The summed E-state index contributed by atoms with van der Waals surface area (Å²) in [6.07, 6.45) is 3.62. The molecule has 0 radical (unpaired) electrons. The highest BCUT2D eigenvalue weighted by Crippen LogP contribution is 2.30. The lowest BCUT2D eigenvalue weighted by atomic mass is 9.85. The predicted octanol–water partition coefficient (Wildman–Crippen LogP) is 2.82. The van der Waals surface area contributed by atoms with Gasteiger partial charge in [-0.25, -0.2) is 4.79 Å². The molecule has 3 unspecified atom stereocenters. The number of rotatable bonds is 4. The summed E-state index contributed by atoms with van der Waals surface area (Å²) >= 11 is 6.11. The Morgan fingerprint density at radius 3 is 2.75 bits per heavy atom. The summed E-state index contributed by atoms with van der Waals surface area (Å²) in [6, 6.07) is 4.02. The van der Waals surface area contributed by atoms with Crippen LogP contribution in [-0.4, -0.2) is 47.4 Å². The minimum absolute atomic E-state index is 0.0425. The molecule has 152 valence electrons. The lowest BCUT2D eigenvalue weighted by molar-refractivity contribution is -0.135. The summed E-state index contributed by atoms with van der Waals surface area (Å²) < 4.78 is 0. The molecule has 8 heteroatoms. The van der Waals surface area contributed by atoms with Crippen molar-refractivity contribution in [1.82, 2.24) is 15.5 Å². The van der Waals surface area contributed by atoms with Crippen molar-refractivity contribution < 1.29 is 14.4 Å². The molecular formula is C20H27ClN4O3. The van der Waals surface area contributed by atoms with Gasteiger partial charge >= 0.3 is 6.03 Å². The highest BCUT2D eigenvalue weighted by atomic mass is 35.5. The molecule has 1 aromatic carbocycles. The zero-order valence-corrected chi connectivity index (χ0v) is 17.0. The predicted molar refractivity (Wildman–Crippen MR) is 108 cm³/mol. The fourth-order valence-electron chi connectivity index (χ4n) is 4.03. The first-order valence-corrected chi connectivity index (χ1v) is 10.2. The van der Waals surface area contributed by atoms with Crippen LogP contribution in [0.25, 0.3) is 0 Å². The molecule has 0 aromatic heterocycles. The van der Waals surface area contributed by atoms with Gasteiger partial charge in [-0.1, -0.05) is 30.5 Å². The standard InChI is InChI=1S/C20H27ClN4O3/c1-3-22-20(28)25-16-7-5-4-6-15(16)24-19(27)17(25)11-18(26)23-13-9-8-12(2)14(21)10-13/h8-10,15-17H,3-7,11H2,1-2H3,(H,22,28)(H,23,26)(H,24,27). The number of halogens is 1. The summed E-state index contributed by atoms with van der Waals surface area (Å²) in [4.78, 5) is 39.6. The average molecular weight is 407 g/mol. The minimum Gasteiger partial charge on any atom is -0.349 e. The fraction of sp³-hybridized carbons (Fsp3) is 0.550. The van der Waals surface area contributed by atoms with Crippen molar-refractivity contribution in [3.05, 3.63) is 28.8 Å². The van der Waals surface area contributed by atoms with Gasteiger partial charge in [0.05, 0.1) is 12.5 Å². The van der Waals surface area contributed by atoms with Gasteiger partial charge in [0, 0.05) is 23.3 Å². The summed E-state index contributed by atoms with van der Waals surface area (Å²) in [5.74, 6) is -0.602. The zero-order valence-electron chi connectivity index (χ0n) is 16.3. The molecule has 1 aliphatic heterocycles. The Hall–Kier alpha value is -2.28. The molecule has 1 heterocycles. The topological polar surface area (TPSA) is 90.5 Å². The first-order valence-electron chi connectivity index (χ1n) is 9.83. The van der Waals surface area contributed by atoms with E-state index in [1.165, 1.54) is 0 Å². The van der Waals surface area contributed by atoms with Gasteiger partial charge < -0.3 is 20.9 Å². The second kappa shape index (κ2) is 8.82. The third-order valence-corrected chi connectivity index (χ3v) is 5.86. The Bertz CT molecular complexity index is 770. The molecule has 2 aliphatic rings. The summed E-state index contributed by atoms with van der Waals surface area (Å²) in [7, 11) is 0.